The van der Waals surface area contributed by atoms with Crippen molar-refractivity contribution < 1.29 is 5.11 Å². The first-order chi connectivity index (χ1) is 10.5. The van der Waals surface area contributed by atoms with Crippen LogP contribution in [0, 0.1) is 11.3 Å². The molecule has 5 heteroatoms. The molecule has 0 radical (unpaired) electrons. The Bertz CT molecular complexity index is 708. The normalized spacial score (nSPS) is 24.3. The number of halogens is 1. The molecule has 0 spiro atoms. The van der Waals surface area contributed by atoms with Gasteiger partial charge in [0.2, 0.25) is 0 Å². The summed E-state index contributed by atoms with van der Waals surface area (Å²) in [5, 5.41) is 20.0. The average molecular weight is 358 g/mol. The van der Waals surface area contributed by atoms with E-state index >= 15 is 0 Å². The largest absolute Gasteiger partial charge is 0.383 e. The van der Waals surface area contributed by atoms with Crippen LogP contribution >= 0.6 is 15.9 Å². The molecule has 0 amide bonds. The summed E-state index contributed by atoms with van der Waals surface area (Å²) >= 11 is 3.32. The van der Waals surface area contributed by atoms with Crippen LogP contribution in [0.4, 0.5) is 5.69 Å². The number of nitrogens with zero attached hydrogens (tertiary/aromatic N) is 3. The molecule has 1 aliphatic rings. The predicted octanol–water partition coefficient (Wildman–Crippen LogP) is 3.20. The molecule has 1 fully saturated rings. The molecule has 1 aromatic carbocycles. The van der Waals surface area contributed by atoms with Gasteiger partial charge in [-0.2, -0.15) is 5.26 Å². The molecule has 0 aliphatic carbocycles. The van der Waals surface area contributed by atoms with Gasteiger partial charge in [-0.15, -0.1) is 0 Å². The lowest BCUT2D eigenvalue weighted by atomic mass is 9.88. The van der Waals surface area contributed by atoms with E-state index in [2.05, 4.69) is 31.9 Å². The number of anilines is 1. The van der Waals surface area contributed by atoms with Crippen molar-refractivity contribution in [3.05, 3.63) is 58.3 Å². The van der Waals surface area contributed by atoms with Crippen LogP contribution in [0.15, 0.2) is 47.2 Å². The molecule has 2 aromatic rings. The van der Waals surface area contributed by atoms with E-state index < -0.39 is 5.60 Å². The summed E-state index contributed by atoms with van der Waals surface area (Å²) < 4.78 is 0.759. The van der Waals surface area contributed by atoms with E-state index in [9.17, 15) is 5.11 Å². The van der Waals surface area contributed by atoms with Crippen molar-refractivity contribution in [2.75, 3.05) is 11.4 Å². The first-order valence-electron chi connectivity index (χ1n) is 7.16. The Morgan fingerprint density at radius 2 is 2.05 bits per heavy atom. The molecule has 22 heavy (non-hydrogen) atoms. The number of aliphatic hydroxyl groups is 1. The van der Waals surface area contributed by atoms with Crippen LogP contribution in [0.5, 0.6) is 0 Å². The van der Waals surface area contributed by atoms with Gasteiger partial charge in [-0.25, -0.2) is 4.98 Å². The van der Waals surface area contributed by atoms with E-state index in [1.165, 1.54) is 0 Å². The molecule has 4 nitrogen and oxygen atoms in total. The van der Waals surface area contributed by atoms with Gasteiger partial charge in [0.25, 0.3) is 0 Å². The SMILES string of the molecule is C[C@@H]1N(c2ccc(C#N)cc2)CC[C@@]1(O)c1ccc(Br)nc1. The van der Waals surface area contributed by atoms with Crippen LogP contribution in [-0.2, 0) is 5.60 Å². The van der Waals surface area contributed by atoms with Gasteiger partial charge in [-0.1, -0.05) is 6.07 Å². The summed E-state index contributed by atoms with van der Waals surface area (Å²) in [5.41, 5.74) is 1.58. The second-order valence-electron chi connectivity index (χ2n) is 5.57. The number of aromatic nitrogens is 1. The topological polar surface area (TPSA) is 60.2 Å². The third-order valence-corrected chi connectivity index (χ3v) is 4.92. The fraction of sp³-hybridized carbons (Fsp3) is 0.294. The summed E-state index contributed by atoms with van der Waals surface area (Å²) in [6, 6.07) is 13.3. The van der Waals surface area contributed by atoms with E-state index in [1.54, 1.807) is 18.3 Å². The minimum atomic E-state index is -0.915. The molecular formula is C17H16BrN3O. The first-order valence-corrected chi connectivity index (χ1v) is 7.95. The van der Waals surface area contributed by atoms with E-state index in [0.717, 1.165) is 22.4 Å². The number of hydrogen-bond donors (Lipinski definition) is 1. The molecule has 1 saturated heterocycles. The fourth-order valence-electron chi connectivity index (χ4n) is 3.05. The Labute approximate surface area is 138 Å². The van der Waals surface area contributed by atoms with E-state index in [0.29, 0.717) is 12.0 Å². The summed E-state index contributed by atoms with van der Waals surface area (Å²) in [4.78, 5) is 6.40. The van der Waals surface area contributed by atoms with E-state index in [-0.39, 0.29) is 6.04 Å². The summed E-state index contributed by atoms with van der Waals surface area (Å²) in [7, 11) is 0. The highest BCUT2D eigenvalue weighted by molar-refractivity contribution is 9.10. The first kappa shape index (κ1) is 15.0. The average Bonchev–Trinajstić information content (AvgIpc) is 2.85. The highest BCUT2D eigenvalue weighted by atomic mass is 79.9. The Morgan fingerprint density at radius 3 is 2.64 bits per heavy atom. The smallest absolute Gasteiger partial charge is 0.113 e. The van der Waals surface area contributed by atoms with Gasteiger partial charge in [-0.3, -0.25) is 0 Å². The van der Waals surface area contributed by atoms with Crippen LogP contribution < -0.4 is 4.90 Å². The lowest BCUT2D eigenvalue weighted by Crippen LogP contribution is -2.40. The minimum absolute atomic E-state index is 0.0663. The van der Waals surface area contributed by atoms with Gasteiger partial charge >= 0.3 is 0 Å². The number of hydrogen-bond acceptors (Lipinski definition) is 4. The minimum Gasteiger partial charge on any atom is -0.383 e. The quantitative estimate of drug-likeness (QED) is 0.838. The van der Waals surface area contributed by atoms with Crippen molar-refractivity contribution in [3.8, 4) is 6.07 Å². The maximum Gasteiger partial charge on any atom is 0.113 e. The number of nitriles is 1. The second-order valence-corrected chi connectivity index (χ2v) is 6.38. The third-order valence-electron chi connectivity index (χ3n) is 4.45. The van der Waals surface area contributed by atoms with Gasteiger partial charge in [-0.05, 0) is 59.6 Å². The zero-order valence-electron chi connectivity index (χ0n) is 12.2. The zero-order valence-corrected chi connectivity index (χ0v) is 13.8. The summed E-state index contributed by atoms with van der Waals surface area (Å²) in [6.45, 7) is 2.78. The Balaban J connectivity index is 1.89. The van der Waals surface area contributed by atoms with Crippen molar-refractivity contribution in [1.82, 2.24) is 4.98 Å². The van der Waals surface area contributed by atoms with Crippen molar-refractivity contribution in [2.45, 2.75) is 25.0 Å². The van der Waals surface area contributed by atoms with Crippen LogP contribution in [-0.4, -0.2) is 22.7 Å². The van der Waals surface area contributed by atoms with Gasteiger partial charge in [0.15, 0.2) is 0 Å². The standard InChI is InChI=1S/C17H16BrN3O/c1-12-17(22,14-4-7-16(18)20-11-14)8-9-21(12)15-5-2-13(10-19)3-6-15/h2-7,11-12,22H,8-9H2,1H3/t12-,17-/m0/s1. The molecule has 0 unspecified atom stereocenters. The maximum atomic E-state index is 11.1. The Morgan fingerprint density at radius 1 is 1.32 bits per heavy atom. The lowest BCUT2D eigenvalue weighted by molar-refractivity contribution is 0.0326. The monoisotopic (exact) mass is 357 g/mol. The number of rotatable bonds is 2. The Kier molecular flexibility index (Phi) is 3.90. The molecule has 3 rings (SSSR count). The highest BCUT2D eigenvalue weighted by Gasteiger charge is 2.44. The maximum absolute atomic E-state index is 11.1. The molecule has 1 aromatic heterocycles. The summed E-state index contributed by atoms with van der Waals surface area (Å²) in [6.07, 6.45) is 2.38. The third kappa shape index (κ3) is 2.49. The molecule has 112 valence electrons. The Hall–Kier alpha value is -1.90. The van der Waals surface area contributed by atoms with Gasteiger partial charge in [0.1, 0.15) is 10.2 Å². The molecule has 1 aliphatic heterocycles. The molecule has 1 N–H and O–H groups in total. The number of pyridine rings is 1. The second kappa shape index (κ2) is 5.71. The van der Waals surface area contributed by atoms with Crippen molar-refractivity contribution >= 4 is 21.6 Å². The van der Waals surface area contributed by atoms with Crippen LogP contribution in [0.1, 0.15) is 24.5 Å². The molecular weight excluding hydrogens is 342 g/mol. The van der Waals surface area contributed by atoms with E-state index in [4.69, 9.17) is 5.26 Å². The van der Waals surface area contributed by atoms with Gasteiger partial charge in [0.05, 0.1) is 17.7 Å². The highest BCUT2D eigenvalue weighted by Crippen LogP contribution is 2.39. The van der Waals surface area contributed by atoms with Crippen LogP contribution in [0.2, 0.25) is 0 Å². The lowest BCUT2D eigenvalue weighted by Gasteiger charge is -2.32. The summed E-state index contributed by atoms with van der Waals surface area (Å²) in [5.74, 6) is 0. The van der Waals surface area contributed by atoms with Crippen LogP contribution in [0.3, 0.4) is 0 Å². The van der Waals surface area contributed by atoms with Crippen LogP contribution in [0.25, 0.3) is 0 Å². The van der Waals surface area contributed by atoms with Crippen molar-refractivity contribution in [2.24, 2.45) is 0 Å². The van der Waals surface area contributed by atoms with Gasteiger partial charge < -0.3 is 10.0 Å². The zero-order chi connectivity index (χ0) is 15.7. The molecule has 0 saturated carbocycles. The van der Waals surface area contributed by atoms with Crippen molar-refractivity contribution in [1.29, 1.82) is 5.26 Å². The molecule has 2 atom stereocenters. The number of benzene rings is 1. The fourth-order valence-corrected chi connectivity index (χ4v) is 3.28. The predicted molar refractivity (Wildman–Crippen MR) is 88.4 cm³/mol. The molecule has 0 bridgehead atoms. The van der Waals surface area contributed by atoms with Gasteiger partial charge in [0, 0.05) is 24.0 Å². The molecule has 2 heterocycles. The van der Waals surface area contributed by atoms with E-state index in [1.807, 2.05) is 31.2 Å². The van der Waals surface area contributed by atoms with Crippen molar-refractivity contribution in [3.63, 3.8) is 0 Å².